The zero-order chi connectivity index (χ0) is 13.7. The topological polar surface area (TPSA) is 41.1 Å². The number of nitrogens with one attached hydrogen (secondary N) is 2. The fourth-order valence-corrected chi connectivity index (χ4v) is 2.67. The molecular weight excluding hydrogens is 236 g/mol. The van der Waals surface area contributed by atoms with Gasteiger partial charge in [-0.2, -0.15) is 0 Å². The molecule has 104 valence electrons. The summed E-state index contributed by atoms with van der Waals surface area (Å²) in [4.78, 5) is 10.9. The van der Waals surface area contributed by atoms with Crippen LogP contribution in [0.3, 0.4) is 0 Å². The first-order valence-corrected chi connectivity index (χ1v) is 7.25. The van der Waals surface area contributed by atoms with Gasteiger partial charge in [0, 0.05) is 24.8 Å². The van der Waals surface area contributed by atoms with Crippen molar-refractivity contribution >= 4 is 17.3 Å². The predicted octanol–water partition coefficient (Wildman–Crippen LogP) is 3.88. The van der Waals surface area contributed by atoms with E-state index in [9.17, 15) is 4.79 Å². The maximum Gasteiger partial charge on any atom is 0.221 e. The number of rotatable bonds is 4. The van der Waals surface area contributed by atoms with E-state index in [1.807, 2.05) is 24.3 Å². The molecule has 0 heterocycles. The summed E-state index contributed by atoms with van der Waals surface area (Å²) in [6, 6.07) is 7.92. The molecule has 0 spiro atoms. The van der Waals surface area contributed by atoms with Crippen molar-refractivity contribution < 1.29 is 4.79 Å². The van der Waals surface area contributed by atoms with E-state index in [-0.39, 0.29) is 5.91 Å². The van der Waals surface area contributed by atoms with Gasteiger partial charge in [0.2, 0.25) is 5.91 Å². The van der Waals surface area contributed by atoms with E-state index in [4.69, 9.17) is 0 Å². The number of anilines is 2. The Morgan fingerprint density at radius 3 is 2.26 bits per heavy atom. The lowest BCUT2D eigenvalue weighted by Crippen LogP contribution is -2.20. The maximum atomic E-state index is 10.9. The Bertz CT molecular complexity index is 405. The molecule has 19 heavy (non-hydrogen) atoms. The van der Waals surface area contributed by atoms with Gasteiger partial charge in [0.05, 0.1) is 0 Å². The van der Waals surface area contributed by atoms with Gasteiger partial charge in [-0.25, -0.2) is 0 Å². The third kappa shape index (κ3) is 4.58. The highest BCUT2D eigenvalue weighted by molar-refractivity contribution is 5.88. The third-order valence-corrected chi connectivity index (χ3v) is 3.94. The summed E-state index contributed by atoms with van der Waals surface area (Å²) in [5.41, 5.74) is 1.98. The van der Waals surface area contributed by atoms with Crippen molar-refractivity contribution in [2.75, 3.05) is 17.2 Å². The summed E-state index contributed by atoms with van der Waals surface area (Å²) >= 11 is 0. The Labute approximate surface area is 115 Å². The number of amides is 1. The molecular formula is C16H24N2O. The van der Waals surface area contributed by atoms with Crippen LogP contribution in [-0.2, 0) is 4.79 Å². The Morgan fingerprint density at radius 2 is 1.68 bits per heavy atom. The second kappa shape index (κ2) is 6.60. The van der Waals surface area contributed by atoms with E-state index in [1.54, 1.807) is 0 Å². The Morgan fingerprint density at radius 1 is 1.11 bits per heavy atom. The first kappa shape index (κ1) is 13.9. The van der Waals surface area contributed by atoms with Gasteiger partial charge in [-0.1, -0.05) is 19.8 Å². The van der Waals surface area contributed by atoms with Gasteiger partial charge in [-0.3, -0.25) is 4.79 Å². The highest BCUT2D eigenvalue weighted by Crippen LogP contribution is 2.28. The van der Waals surface area contributed by atoms with Crippen LogP contribution in [0.1, 0.15) is 39.5 Å². The molecule has 2 N–H and O–H groups in total. The van der Waals surface area contributed by atoms with E-state index in [0.717, 1.165) is 29.8 Å². The fraction of sp³-hybridized carbons (Fsp3) is 0.562. The second-order valence-corrected chi connectivity index (χ2v) is 5.77. The molecule has 0 saturated heterocycles. The highest BCUT2D eigenvalue weighted by atomic mass is 16.1. The fourth-order valence-electron chi connectivity index (χ4n) is 2.67. The molecule has 2 rings (SSSR count). The van der Waals surface area contributed by atoms with Crippen molar-refractivity contribution in [2.24, 2.45) is 11.8 Å². The summed E-state index contributed by atoms with van der Waals surface area (Å²) in [5.74, 6) is 1.69. The van der Waals surface area contributed by atoms with Crippen molar-refractivity contribution in [3.8, 4) is 0 Å². The van der Waals surface area contributed by atoms with Crippen LogP contribution < -0.4 is 10.6 Å². The van der Waals surface area contributed by atoms with Gasteiger partial charge in [0.1, 0.15) is 0 Å². The SMILES string of the molecule is CC(=O)Nc1ccc(NCC2CCC(C)CC2)cc1. The average Bonchev–Trinajstić information content (AvgIpc) is 2.39. The van der Waals surface area contributed by atoms with E-state index in [1.165, 1.54) is 32.6 Å². The molecule has 0 unspecified atom stereocenters. The van der Waals surface area contributed by atoms with Gasteiger partial charge in [0.25, 0.3) is 0 Å². The summed E-state index contributed by atoms with van der Waals surface area (Å²) < 4.78 is 0. The lowest BCUT2D eigenvalue weighted by molar-refractivity contribution is -0.114. The van der Waals surface area contributed by atoms with Gasteiger partial charge in [-0.05, 0) is 48.9 Å². The molecule has 0 aliphatic heterocycles. The monoisotopic (exact) mass is 260 g/mol. The molecule has 1 saturated carbocycles. The maximum absolute atomic E-state index is 10.9. The van der Waals surface area contributed by atoms with Crippen LogP contribution in [0.4, 0.5) is 11.4 Å². The summed E-state index contributed by atoms with van der Waals surface area (Å²) in [7, 11) is 0. The minimum absolute atomic E-state index is 0.0305. The van der Waals surface area contributed by atoms with E-state index in [0.29, 0.717) is 0 Å². The van der Waals surface area contributed by atoms with E-state index < -0.39 is 0 Å². The molecule has 1 aliphatic rings. The van der Waals surface area contributed by atoms with Crippen LogP contribution in [0.5, 0.6) is 0 Å². The van der Waals surface area contributed by atoms with Crippen molar-refractivity contribution in [1.82, 2.24) is 0 Å². The number of benzene rings is 1. The van der Waals surface area contributed by atoms with Gasteiger partial charge in [-0.15, -0.1) is 0 Å². The molecule has 0 aromatic heterocycles. The van der Waals surface area contributed by atoms with Gasteiger partial charge < -0.3 is 10.6 Å². The third-order valence-electron chi connectivity index (χ3n) is 3.94. The number of carbonyl (C=O) groups is 1. The highest BCUT2D eigenvalue weighted by Gasteiger charge is 2.17. The first-order valence-electron chi connectivity index (χ1n) is 7.25. The molecule has 3 nitrogen and oxygen atoms in total. The van der Waals surface area contributed by atoms with Crippen LogP contribution in [-0.4, -0.2) is 12.5 Å². The lowest BCUT2D eigenvalue weighted by Gasteiger charge is -2.26. The van der Waals surface area contributed by atoms with Crippen LogP contribution >= 0.6 is 0 Å². The standard InChI is InChI=1S/C16H24N2O/c1-12-3-5-14(6-4-12)11-17-15-7-9-16(10-8-15)18-13(2)19/h7-10,12,14,17H,3-6,11H2,1-2H3,(H,18,19). The van der Waals surface area contributed by atoms with Crippen LogP contribution in [0.25, 0.3) is 0 Å². The molecule has 0 radical (unpaired) electrons. The Hall–Kier alpha value is -1.51. The number of hydrogen-bond donors (Lipinski definition) is 2. The first-order chi connectivity index (χ1) is 9.13. The molecule has 1 fully saturated rings. The van der Waals surface area contributed by atoms with Gasteiger partial charge in [0.15, 0.2) is 0 Å². The molecule has 1 aliphatic carbocycles. The van der Waals surface area contributed by atoms with Crippen molar-refractivity contribution in [3.63, 3.8) is 0 Å². The number of hydrogen-bond acceptors (Lipinski definition) is 2. The Balaban J connectivity index is 1.78. The quantitative estimate of drug-likeness (QED) is 0.862. The minimum atomic E-state index is -0.0305. The predicted molar refractivity (Wildman–Crippen MR) is 80.4 cm³/mol. The van der Waals surface area contributed by atoms with Crippen molar-refractivity contribution in [3.05, 3.63) is 24.3 Å². The zero-order valence-corrected chi connectivity index (χ0v) is 11.9. The summed E-state index contributed by atoms with van der Waals surface area (Å²) in [6.45, 7) is 4.94. The van der Waals surface area contributed by atoms with Crippen LogP contribution in [0.15, 0.2) is 24.3 Å². The van der Waals surface area contributed by atoms with E-state index in [2.05, 4.69) is 17.6 Å². The zero-order valence-electron chi connectivity index (χ0n) is 11.9. The molecule has 1 aromatic carbocycles. The summed E-state index contributed by atoms with van der Waals surface area (Å²) in [5, 5.41) is 6.27. The normalized spacial score (nSPS) is 22.8. The molecule has 0 bridgehead atoms. The van der Waals surface area contributed by atoms with Crippen molar-refractivity contribution in [2.45, 2.75) is 39.5 Å². The lowest BCUT2D eigenvalue weighted by atomic mass is 9.83. The number of carbonyl (C=O) groups excluding carboxylic acids is 1. The summed E-state index contributed by atoms with van der Waals surface area (Å²) in [6.07, 6.45) is 5.43. The van der Waals surface area contributed by atoms with Crippen molar-refractivity contribution in [1.29, 1.82) is 0 Å². The molecule has 1 amide bonds. The smallest absolute Gasteiger partial charge is 0.221 e. The van der Waals surface area contributed by atoms with E-state index >= 15 is 0 Å². The van der Waals surface area contributed by atoms with Crippen LogP contribution in [0, 0.1) is 11.8 Å². The minimum Gasteiger partial charge on any atom is -0.385 e. The molecule has 3 heteroatoms. The second-order valence-electron chi connectivity index (χ2n) is 5.77. The average molecular weight is 260 g/mol. The van der Waals surface area contributed by atoms with Crippen LogP contribution in [0.2, 0.25) is 0 Å². The molecule has 0 atom stereocenters. The Kier molecular flexibility index (Phi) is 4.83. The molecule has 1 aromatic rings. The van der Waals surface area contributed by atoms with Gasteiger partial charge >= 0.3 is 0 Å². The largest absolute Gasteiger partial charge is 0.385 e.